The van der Waals surface area contributed by atoms with Crippen LogP contribution in [0.25, 0.3) is 0 Å². The lowest BCUT2D eigenvalue weighted by molar-refractivity contribution is -0.141. The van der Waals surface area contributed by atoms with Crippen LogP contribution in [0.3, 0.4) is 0 Å². The van der Waals surface area contributed by atoms with Crippen LogP contribution in [0.15, 0.2) is 42.7 Å². The van der Waals surface area contributed by atoms with Crippen molar-refractivity contribution in [2.45, 2.75) is 51.0 Å². The van der Waals surface area contributed by atoms with Crippen LogP contribution in [0.1, 0.15) is 36.0 Å². The van der Waals surface area contributed by atoms with Gasteiger partial charge in [0, 0.05) is 25.3 Å². The molecule has 3 heterocycles. The first-order valence-electron chi connectivity index (χ1n) is 12.2. The van der Waals surface area contributed by atoms with Crippen LogP contribution in [-0.4, -0.2) is 56.1 Å². The second-order valence-corrected chi connectivity index (χ2v) is 9.82. The Morgan fingerprint density at radius 1 is 1.08 bits per heavy atom. The number of nitrogens with one attached hydrogen (secondary N) is 1. The maximum absolute atomic E-state index is 13.1. The monoisotopic (exact) mass is 547 g/mol. The number of alkyl halides is 3. The quantitative estimate of drug-likeness (QED) is 0.520. The fraction of sp³-hybridized carbons (Fsp3) is 0.400. The fourth-order valence-corrected chi connectivity index (χ4v) is 5.29. The van der Waals surface area contributed by atoms with Gasteiger partial charge < -0.3 is 15.1 Å². The SMILES string of the molecule is O=C(Nc1ccc(N2CCc3cc(C(F)(F)F)ccc3C2)c(Cl)c1)[C@H]1CCCCN1C(=O)Cn1cnnn1. The Bertz CT molecular complexity index is 1330. The van der Waals surface area contributed by atoms with E-state index in [1.54, 1.807) is 23.1 Å². The van der Waals surface area contributed by atoms with Crippen LogP contribution in [0.2, 0.25) is 5.02 Å². The largest absolute Gasteiger partial charge is 0.416 e. The Balaban J connectivity index is 1.25. The molecule has 1 fully saturated rings. The zero-order valence-corrected chi connectivity index (χ0v) is 21.0. The Kier molecular flexibility index (Phi) is 7.24. The Morgan fingerprint density at radius 2 is 1.92 bits per heavy atom. The molecule has 2 aliphatic heterocycles. The first-order chi connectivity index (χ1) is 18.2. The molecule has 0 spiro atoms. The number of anilines is 2. The van der Waals surface area contributed by atoms with Crippen LogP contribution in [0.4, 0.5) is 24.5 Å². The molecule has 2 aromatic carbocycles. The van der Waals surface area contributed by atoms with Gasteiger partial charge in [0.05, 0.1) is 16.3 Å². The zero-order chi connectivity index (χ0) is 26.9. The van der Waals surface area contributed by atoms with E-state index in [1.807, 2.05) is 4.90 Å². The number of halogens is 4. The summed E-state index contributed by atoms with van der Waals surface area (Å²) in [7, 11) is 0. The van der Waals surface area contributed by atoms with Gasteiger partial charge in [0.2, 0.25) is 11.8 Å². The van der Waals surface area contributed by atoms with Gasteiger partial charge in [-0.3, -0.25) is 9.59 Å². The highest BCUT2D eigenvalue weighted by atomic mass is 35.5. The first kappa shape index (κ1) is 26.0. The van der Waals surface area contributed by atoms with Crippen molar-refractivity contribution in [1.82, 2.24) is 25.1 Å². The number of tetrazole rings is 1. The van der Waals surface area contributed by atoms with Gasteiger partial charge in [-0.2, -0.15) is 13.2 Å². The molecule has 2 aliphatic rings. The summed E-state index contributed by atoms with van der Waals surface area (Å²) in [5.41, 5.74) is 2.08. The molecule has 1 saturated heterocycles. The molecule has 0 radical (unpaired) electrons. The lowest BCUT2D eigenvalue weighted by atomic mass is 9.96. The second-order valence-electron chi connectivity index (χ2n) is 9.41. The van der Waals surface area contributed by atoms with Gasteiger partial charge in [-0.15, -0.1) is 5.10 Å². The minimum Gasteiger partial charge on any atom is -0.366 e. The summed E-state index contributed by atoms with van der Waals surface area (Å²) < 4.78 is 40.5. The summed E-state index contributed by atoms with van der Waals surface area (Å²) in [6.07, 6.45) is -0.379. The minimum absolute atomic E-state index is 0.0478. The summed E-state index contributed by atoms with van der Waals surface area (Å²) in [6.45, 7) is 1.37. The van der Waals surface area contributed by atoms with Crippen LogP contribution in [-0.2, 0) is 35.3 Å². The van der Waals surface area contributed by atoms with E-state index in [4.69, 9.17) is 11.6 Å². The van der Waals surface area contributed by atoms with Crippen LogP contribution >= 0.6 is 11.6 Å². The first-order valence-corrected chi connectivity index (χ1v) is 12.6. The van der Waals surface area contributed by atoms with Crippen molar-refractivity contribution in [2.75, 3.05) is 23.3 Å². The van der Waals surface area contributed by atoms with E-state index in [2.05, 4.69) is 20.8 Å². The number of carbonyl (C=O) groups excluding carboxylic acids is 2. The number of carbonyl (C=O) groups is 2. The number of rotatable bonds is 5. The van der Waals surface area contributed by atoms with Gasteiger partial charge in [0.1, 0.15) is 18.9 Å². The topological polar surface area (TPSA) is 96.2 Å². The highest BCUT2D eigenvalue weighted by Gasteiger charge is 2.33. The third-order valence-electron chi connectivity index (χ3n) is 6.92. The lowest BCUT2D eigenvalue weighted by Gasteiger charge is -2.34. The predicted octanol–water partition coefficient (Wildman–Crippen LogP) is 3.93. The third-order valence-corrected chi connectivity index (χ3v) is 7.22. The zero-order valence-electron chi connectivity index (χ0n) is 20.3. The van der Waals surface area contributed by atoms with Gasteiger partial charge >= 0.3 is 6.18 Å². The smallest absolute Gasteiger partial charge is 0.366 e. The average molecular weight is 548 g/mol. The molecule has 0 saturated carbocycles. The molecule has 1 N–H and O–H groups in total. The normalized spacial score (nSPS) is 17.7. The Morgan fingerprint density at radius 3 is 2.66 bits per heavy atom. The number of benzene rings is 2. The molecule has 0 aliphatic carbocycles. The van der Waals surface area contributed by atoms with Gasteiger partial charge in [-0.05, 0) is 77.6 Å². The minimum atomic E-state index is -4.37. The van der Waals surface area contributed by atoms with Crippen molar-refractivity contribution in [3.8, 4) is 0 Å². The molecule has 0 unspecified atom stereocenters. The van der Waals surface area contributed by atoms with E-state index in [-0.39, 0.29) is 18.4 Å². The number of hydrogen-bond acceptors (Lipinski definition) is 6. The molecular formula is C25H25ClF3N7O2. The Labute approximate surface area is 221 Å². The van der Waals surface area contributed by atoms with E-state index >= 15 is 0 Å². The molecule has 1 atom stereocenters. The second kappa shape index (κ2) is 10.6. The average Bonchev–Trinajstić information content (AvgIpc) is 3.40. The van der Waals surface area contributed by atoms with Crippen LogP contribution in [0.5, 0.6) is 0 Å². The molecular weight excluding hydrogens is 523 g/mol. The van der Waals surface area contributed by atoms with Crippen molar-refractivity contribution in [3.05, 3.63) is 64.4 Å². The van der Waals surface area contributed by atoms with Gasteiger partial charge in [0.25, 0.3) is 0 Å². The van der Waals surface area contributed by atoms with Crippen LogP contribution in [0, 0.1) is 0 Å². The number of likely N-dealkylation sites (tertiary alicyclic amines) is 1. The molecule has 9 nitrogen and oxygen atoms in total. The highest BCUT2D eigenvalue weighted by Crippen LogP contribution is 2.35. The summed E-state index contributed by atoms with van der Waals surface area (Å²) in [4.78, 5) is 29.5. The molecule has 13 heteroatoms. The molecule has 2 amide bonds. The molecule has 0 bridgehead atoms. The van der Waals surface area contributed by atoms with Gasteiger partial charge in [-0.25, -0.2) is 4.68 Å². The number of fused-ring (bicyclic) bond motifs is 1. The highest BCUT2D eigenvalue weighted by molar-refractivity contribution is 6.33. The van der Waals surface area contributed by atoms with E-state index in [0.717, 1.165) is 30.2 Å². The lowest BCUT2D eigenvalue weighted by Crippen LogP contribution is -2.51. The maximum Gasteiger partial charge on any atom is 0.416 e. The Hall–Kier alpha value is -3.67. The van der Waals surface area contributed by atoms with E-state index < -0.39 is 17.8 Å². The van der Waals surface area contributed by atoms with Gasteiger partial charge in [-0.1, -0.05) is 17.7 Å². The summed E-state index contributed by atoms with van der Waals surface area (Å²) >= 11 is 6.57. The predicted molar refractivity (Wildman–Crippen MR) is 133 cm³/mol. The number of nitrogens with zero attached hydrogens (tertiary/aromatic N) is 6. The number of piperidine rings is 1. The summed E-state index contributed by atoms with van der Waals surface area (Å²) in [5.74, 6) is -0.538. The molecule has 38 heavy (non-hydrogen) atoms. The number of amides is 2. The molecule has 3 aromatic rings. The number of hydrogen-bond donors (Lipinski definition) is 1. The van der Waals surface area contributed by atoms with Crippen molar-refractivity contribution in [2.24, 2.45) is 0 Å². The maximum atomic E-state index is 13.1. The van der Waals surface area contributed by atoms with Crippen molar-refractivity contribution < 1.29 is 22.8 Å². The van der Waals surface area contributed by atoms with Gasteiger partial charge in [0.15, 0.2) is 0 Å². The molecule has 200 valence electrons. The molecule has 1 aromatic heterocycles. The molecule has 5 rings (SSSR count). The summed E-state index contributed by atoms with van der Waals surface area (Å²) in [6, 6.07) is 8.38. The van der Waals surface area contributed by atoms with Crippen molar-refractivity contribution in [3.63, 3.8) is 0 Å². The summed E-state index contributed by atoms with van der Waals surface area (Å²) in [5, 5.41) is 14.1. The van der Waals surface area contributed by atoms with E-state index in [9.17, 15) is 22.8 Å². The van der Waals surface area contributed by atoms with Crippen LogP contribution < -0.4 is 10.2 Å². The van der Waals surface area contributed by atoms with Crippen molar-refractivity contribution in [1.29, 1.82) is 0 Å². The van der Waals surface area contributed by atoms with E-state index in [1.165, 1.54) is 23.1 Å². The van der Waals surface area contributed by atoms with Crippen molar-refractivity contribution >= 4 is 34.8 Å². The van der Waals surface area contributed by atoms with E-state index in [0.29, 0.717) is 48.7 Å². The standard InChI is InChI=1S/C25H25ClF3N7O2/c26-20-12-19(31-24(38)22-3-1-2-9-36(22)23(37)14-35-15-30-32-33-35)6-7-21(20)34-10-8-16-11-18(25(27,28)29)5-4-17(16)13-34/h4-7,11-12,15,22H,1-3,8-10,13-14H2,(H,31,38)/t22-/m1/s1. The third kappa shape index (κ3) is 5.59. The fourth-order valence-electron chi connectivity index (χ4n) is 4.99. The number of aromatic nitrogens is 4.